The highest BCUT2D eigenvalue weighted by Gasteiger charge is 2.30. The number of ether oxygens (including phenoxy) is 1. The van der Waals surface area contributed by atoms with Crippen LogP contribution < -0.4 is 5.32 Å². The Labute approximate surface area is 98.2 Å². The fraction of sp³-hybridized carbons (Fsp3) is 0.545. The van der Waals surface area contributed by atoms with Crippen LogP contribution in [0, 0.1) is 0 Å². The molecule has 0 saturated carbocycles. The van der Waals surface area contributed by atoms with E-state index in [1.54, 1.807) is 11.4 Å². The third-order valence-electron chi connectivity index (χ3n) is 2.78. The zero-order valence-corrected chi connectivity index (χ0v) is 9.76. The predicted molar refractivity (Wildman–Crippen MR) is 61.7 cm³/mol. The molecule has 2 heterocycles. The van der Waals surface area contributed by atoms with Gasteiger partial charge in [-0.3, -0.25) is 4.79 Å². The molecule has 0 aliphatic carbocycles. The van der Waals surface area contributed by atoms with Gasteiger partial charge >= 0.3 is 0 Å². The Morgan fingerprint density at radius 3 is 2.94 bits per heavy atom. The van der Waals surface area contributed by atoms with Gasteiger partial charge in [0.15, 0.2) is 0 Å². The minimum Gasteiger partial charge on any atom is -0.388 e. The molecule has 1 aromatic rings. The molecule has 0 unspecified atom stereocenters. The Morgan fingerprint density at radius 2 is 2.31 bits per heavy atom. The van der Waals surface area contributed by atoms with Gasteiger partial charge in [0.1, 0.15) is 0 Å². The molecule has 0 spiro atoms. The van der Waals surface area contributed by atoms with Crippen LogP contribution in [0.15, 0.2) is 16.8 Å². The molecule has 2 rings (SSSR count). The lowest BCUT2D eigenvalue weighted by Gasteiger charge is -2.31. The first-order chi connectivity index (χ1) is 7.70. The molecule has 1 aliphatic heterocycles. The standard InChI is InChI=1S/C11H15NO3S/c13-10(9-1-6-16-7-9)12-8-11(14)2-4-15-5-3-11/h1,6-7,14H,2-5,8H2,(H,12,13). The van der Waals surface area contributed by atoms with E-state index >= 15 is 0 Å². The van der Waals surface area contributed by atoms with E-state index in [1.165, 1.54) is 11.3 Å². The van der Waals surface area contributed by atoms with E-state index < -0.39 is 5.60 Å². The Balaban J connectivity index is 1.84. The summed E-state index contributed by atoms with van der Waals surface area (Å²) in [6, 6.07) is 1.77. The monoisotopic (exact) mass is 241 g/mol. The Bertz CT molecular complexity index is 344. The van der Waals surface area contributed by atoms with Crippen molar-refractivity contribution in [2.45, 2.75) is 18.4 Å². The highest BCUT2D eigenvalue weighted by atomic mass is 32.1. The lowest BCUT2D eigenvalue weighted by atomic mass is 9.94. The number of carbonyl (C=O) groups is 1. The van der Waals surface area contributed by atoms with E-state index in [2.05, 4.69) is 5.32 Å². The highest BCUT2D eigenvalue weighted by Crippen LogP contribution is 2.19. The lowest BCUT2D eigenvalue weighted by molar-refractivity contribution is -0.0605. The van der Waals surface area contributed by atoms with Crippen molar-refractivity contribution in [2.24, 2.45) is 0 Å². The number of rotatable bonds is 3. The van der Waals surface area contributed by atoms with Gasteiger partial charge in [-0.2, -0.15) is 11.3 Å². The molecule has 2 N–H and O–H groups in total. The van der Waals surface area contributed by atoms with Crippen molar-refractivity contribution in [2.75, 3.05) is 19.8 Å². The molecule has 0 atom stereocenters. The van der Waals surface area contributed by atoms with Crippen LogP contribution in [0.4, 0.5) is 0 Å². The van der Waals surface area contributed by atoms with E-state index in [1.807, 2.05) is 5.38 Å². The second-order valence-electron chi connectivity index (χ2n) is 4.03. The fourth-order valence-electron chi connectivity index (χ4n) is 1.67. The minimum atomic E-state index is -0.802. The van der Waals surface area contributed by atoms with E-state index in [-0.39, 0.29) is 5.91 Å². The highest BCUT2D eigenvalue weighted by molar-refractivity contribution is 7.08. The Morgan fingerprint density at radius 1 is 1.56 bits per heavy atom. The molecular weight excluding hydrogens is 226 g/mol. The van der Waals surface area contributed by atoms with Gasteiger partial charge in [0.25, 0.3) is 5.91 Å². The van der Waals surface area contributed by atoms with Gasteiger partial charge in [-0.25, -0.2) is 0 Å². The van der Waals surface area contributed by atoms with Crippen LogP contribution in [0.3, 0.4) is 0 Å². The van der Waals surface area contributed by atoms with E-state index in [0.717, 1.165) is 0 Å². The van der Waals surface area contributed by atoms with E-state index in [4.69, 9.17) is 4.74 Å². The molecule has 0 radical (unpaired) electrons. The minimum absolute atomic E-state index is 0.124. The summed E-state index contributed by atoms with van der Waals surface area (Å²) in [4.78, 5) is 11.6. The molecule has 1 fully saturated rings. The quantitative estimate of drug-likeness (QED) is 0.830. The van der Waals surface area contributed by atoms with Crippen LogP contribution in [0.2, 0.25) is 0 Å². The van der Waals surface area contributed by atoms with Crippen molar-refractivity contribution in [3.05, 3.63) is 22.4 Å². The largest absolute Gasteiger partial charge is 0.388 e. The molecule has 0 bridgehead atoms. The lowest BCUT2D eigenvalue weighted by Crippen LogP contribution is -2.46. The van der Waals surface area contributed by atoms with Gasteiger partial charge in [0.05, 0.1) is 5.60 Å². The third-order valence-corrected chi connectivity index (χ3v) is 3.47. The second kappa shape index (κ2) is 4.95. The topological polar surface area (TPSA) is 58.6 Å². The van der Waals surface area contributed by atoms with Gasteiger partial charge in [-0.05, 0) is 11.4 Å². The zero-order chi connectivity index (χ0) is 11.4. The van der Waals surface area contributed by atoms with Crippen molar-refractivity contribution in [1.82, 2.24) is 5.32 Å². The van der Waals surface area contributed by atoms with Gasteiger partial charge in [0, 0.05) is 43.5 Å². The molecule has 88 valence electrons. The summed E-state index contributed by atoms with van der Waals surface area (Å²) >= 11 is 1.49. The van der Waals surface area contributed by atoms with E-state index in [9.17, 15) is 9.90 Å². The van der Waals surface area contributed by atoms with Crippen molar-refractivity contribution >= 4 is 17.2 Å². The van der Waals surface area contributed by atoms with Gasteiger partial charge in [-0.1, -0.05) is 0 Å². The van der Waals surface area contributed by atoms with Crippen LogP contribution in [0.1, 0.15) is 23.2 Å². The Kier molecular flexibility index (Phi) is 3.58. The Hall–Kier alpha value is -0.910. The predicted octanol–water partition coefficient (Wildman–Crippen LogP) is 1.02. The van der Waals surface area contributed by atoms with Crippen LogP contribution in [-0.2, 0) is 4.74 Å². The normalized spacial score (nSPS) is 19.3. The van der Waals surface area contributed by atoms with Crippen molar-refractivity contribution in [1.29, 1.82) is 0 Å². The van der Waals surface area contributed by atoms with Gasteiger partial charge in [0.2, 0.25) is 0 Å². The fourth-order valence-corrected chi connectivity index (χ4v) is 2.30. The molecule has 16 heavy (non-hydrogen) atoms. The van der Waals surface area contributed by atoms with Crippen molar-refractivity contribution < 1.29 is 14.6 Å². The summed E-state index contributed by atoms with van der Waals surface area (Å²) in [5.74, 6) is -0.124. The summed E-state index contributed by atoms with van der Waals surface area (Å²) in [5, 5.41) is 16.5. The molecule has 0 aromatic carbocycles. The molecule has 5 heteroatoms. The second-order valence-corrected chi connectivity index (χ2v) is 4.81. The molecule has 1 aliphatic rings. The summed E-state index contributed by atoms with van der Waals surface area (Å²) < 4.78 is 5.17. The maximum Gasteiger partial charge on any atom is 0.252 e. The zero-order valence-electron chi connectivity index (χ0n) is 8.94. The van der Waals surface area contributed by atoms with Crippen LogP contribution in [0.25, 0.3) is 0 Å². The summed E-state index contributed by atoms with van der Waals surface area (Å²) in [6.07, 6.45) is 1.16. The average Bonchev–Trinajstić information content (AvgIpc) is 2.80. The first kappa shape index (κ1) is 11.6. The number of hydrogen-bond donors (Lipinski definition) is 2. The number of hydrogen-bond acceptors (Lipinski definition) is 4. The SMILES string of the molecule is O=C(NCC1(O)CCOCC1)c1ccsc1. The number of carbonyl (C=O) groups excluding carboxylic acids is 1. The van der Waals surface area contributed by atoms with Crippen molar-refractivity contribution in [3.8, 4) is 0 Å². The van der Waals surface area contributed by atoms with Crippen molar-refractivity contribution in [3.63, 3.8) is 0 Å². The molecule has 1 saturated heterocycles. The molecule has 1 aromatic heterocycles. The van der Waals surface area contributed by atoms with Gasteiger partial charge < -0.3 is 15.2 Å². The number of nitrogens with one attached hydrogen (secondary N) is 1. The summed E-state index contributed by atoms with van der Waals surface area (Å²) in [7, 11) is 0. The first-order valence-corrected chi connectivity index (χ1v) is 6.24. The number of amides is 1. The summed E-state index contributed by atoms with van der Waals surface area (Å²) in [5.41, 5.74) is -0.148. The van der Waals surface area contributed by atoms with Crippen LogP contribution in [-0.4, -0.2) is 36.4 Å². The molecule has 4 nitrogen and oxygen atoms in total. The maximum atomic E-state index is 11.6. The maximum absolute atomic E-state index is 11.6. The summed E-state index contributed by atoms with van der Waals surface area (Å²) in [6.45, 7) is 1.42. The average molecular weight is 241 g/mol. The molecular formula is C11H15NO3S. The van der Waals surface area contributed by atoms with E-state index in [0.29, 0.717) is 38.2 Å². The van der Waals surface area contributed by atoms with Gasteiger partial charge in [-0.15, -0.1) is 0 Å². The number of aliphatic hydroxyl groups is 1. The van der Waals surface area contributed by atoms with Crippen LogP contribution >= 0.6 is 11.3 Å². The van der Waals surface area contributed by atoms with Crippen LogP contribution in [0.5, 0.6) is 0 Å². The third kappa shape index (κ3) is 2.81. The number of thiophene rings is 1. The molecule has 1 amide bonds. The first-order valence-electron chi connectivity index (χ1n) is 5.30. The smallest absolute Gasteiger partial charge is 0.252 e.